The number of unbranched alkanes of at least 4 members (excludes halogenated alkanes) is 20. The van der Waals surface area contributed by atoms with Gasteiger partial charge in [-0.05, 0) is 103 Å². The molecule has 0 heterocycles. The predicted octanol–water partition coefficient (Wildman–Crippen LogP) is 15.9. The highest BCUT2D eigenvalue weighted by Gasteiger charge is 2.19. The van der Waals surface area contributed by atoms with E-state index in [4.69, 9.17) is 14.2 Å². The summed E-state index contributed by atoms with van der Waals surface area (Å²) in [4.78, 5) is 37.8. The number of carbonyl (C=O) groups excluding carboxylic acids is 3. The quantitative estimate of drug-likeness (QED) is 0.0264. The SMILES string of the molecule is CCCC/C=C\CCCCCCCC(=O)OC[C@@H](COC(=O)CCCCCCC/C=C\CCCCCC)OC(=O)CCC/C=C\C/C=C\C/C=C\C/C=C\CCCCC. The fraction of sp³-hybridized carbons (Fsp3) is 0.717. The molecule has 0 rings (SSSR count). The van der Waals surface area contributed by atoms with Crippen LogP contribution in [0.25, 0.3) is 0 Å². The lowest BCUT2D eigenvalue weighted by atomic mass is 10.1. The maximum absolute atomic E-state index is 12.7. The van der Waals surface area contributed by atoms with Crippen molar-refractivity contribution in [2.24, 2.45) is 0 Å². The van der Waals surface area contributed by atoms with Crippen LogP contribution in [0, 0.1) is 0 Å². The lowest BCUT2D eigenvalue weighted by molar-refractivity contribution is -0.167. The van der Waals surface area contributed by atoms with Crippen LogP contribution in [-0.2, 0) is 28.6 Å². The van der Waals surface area contributed by atoms with Gasteiger partial charge in [0, 0.05) is 19.3 Å². The van der Waals surface area contributed by atoms with E-state index in [1.807, 2.05) is 0 Å². The van der Waals surface area contributed by atoms with Crippen LogP contribution in [0.2, 0.25) is 0 Å². The molecule has 0 saturated carbocycles. The first kappa shape index (κ1) is 55.9. The molecular weight excluding hydrogens is 733 g/mol. The number of carbonyl (C=O) groups is 3. The van der Waals surface area contributed by atoms with Crippen LogP contribution in [-0.4, -0.2) is 37.2 Å². The second-order valence-electron chi connectivity index (χ2n) is 16.0. The first-order valence-corrected chi connectivity index (χ1v) is 24.4. The van der Waals surface area contributed by atoms with Crippen LogP contribution in [0.1, 0.15) is 226 Å². The average Bonchev–Trinajstić information content (AvgIpc) is 3.23. The summed E-state index contributed by atoms with van der Waals surface area (Å²) in [6.45, 7) is 6.48. The van der Waals surface area contributed by atoms with Crippen molar-refractivity contribution in [1.29, 1.82) is 0 Å². The van der Waals surface area contributed by atoms with Crippen LogP contribution in [0.5, 0.6) is 0 Å². The minimum atomic E-state index is -0.808. The van der Waals surface area contributed by atoms with Crippen LogP contribution in [0.15, 0.2) is 72.9 Å². The molecule has 0 fully saturated rings. The predicted molar refractivity (Wildman–Crippen MR) is 251 cm³/mol. The molecule has 0 radical (unpaired) electrons. The Morgan fingerprint density at radius 1 is 0.339 bits per heavy atom. The van der Waals surface area contributed by atoms with Crippen molar-refractivity contribution in [3.05, 3.63) is 72.9 Å². The van der Waals surface area contributed by atoms with Crippen molar-refractivity contribution in [3.63, 3.8) is 0 Å². The molecular formula is C53H90O6. The second kappa shape index (κ2) is 47.5. The highest BCUT2D eigenvalue weighted by atomic mass is 16.6. The number of ether oxygens (including phenoxy) is 3. The number of hydrogen-bond donors (Lipinski definition) is 0. The lowest BCUT2D eigenvalue weighted by Gasteiger charge is -2.18. The summed E-state index contributed by atoms with van der Waals surface area (Å²) in [5, 5.41) is 0. The molecule has 338 valence electrons. The Hall–Kier alpha value is -3.15. The molecule has 59 heavy (non-hydrogen) atoms. The molecule has 0 N–H and O–H groups in total. The third-order valence-electron chi connectivity index (χ3n) is 10.2. The van der Waals surface area contributed by atoms with Crippen molar-refractivity contribution in [2.75, 3.05) is 13.2 Å². The minimum Gasteiger partial charge on any atom is -0.462 e. The van der Waals surface area contributed by atoms with Gasteiger partial charge in [-0.15, -0.1) is 0 Å². The van der Waals surface area contributed by atoms with E-state index in [0.29, 0.717) is 19.3 Å². The maximum Gasteiger partial charge on any atom is 0.306 e. The molecule has 0 aliphatic heterocycles. The summed E-state index contributed by atoms with van der Waals surface area (Å²) in [7, 11) is 0. The minimum absolute atomic E-state index is 0.104. The zero-order chi connectivity index (χ0) is 43.0. The average molecular weight is 823 g/mol. The molecule has 0 aromatic carbocycles. The second-order valence-corrected chi connectivity index (χ2v) is 16.0. The van der Waals surface area contributed by atoms with Crippen molar-refractivity contribution in [3.8, 4) is 0 Å². The van der Waals surface area contributed by atoms with E-state index in [1.54, 1.807) is 0 Å². The molecule has 0 unspecified atom stereocenters. The standard InChI is InChI=1S/C53H90O6/c1-4-7-10-13-16-19-22-24-25-26-27-29-32-35-38-41-44-47-53(56)59-50(48-57-51(54)45-42-39-36-33-30-21-18-15-12-9-6-3)49-58-52(55)46-43-40-37-34-31-28-23-20-17-14-11-8-5-2/h15-16,18-20,23-25,27,29,35,38,50H,4-14,17,21-22,26,28,30-34,36-37,39-49H2,1-3H3/b18-15-,19-16-,23-20-,25-24-,29-27-,38-35-/t50-/m0/s1. The first-order valence-electron chi connectivity index (χ1n) is 24.4. The summed E-state index contributed by atoms with van der Waals surface area (Å²) < 4.78 is 16.7. The van der Waals surface area contributed by atoms with Gasteiger partial charge in [-0.25, -0.2) is 0 Å². The van der Waals surface area contributed by atoms with Crippen LogP contribution < -0.4 is 0 Å². The Balaban J connectivity index is 4.50. The van der Waals surface area contributed by atoms with Crippen molar-refractivity contribution < 1.29 is 28.6 Å². The molecule has 0 aromatic heterocycles. The van der Waals surface area contributed by atoms with Gasteiger partial charge < -0.3 is 14.2 Å². The Morgan fingerprint density at radius 3 is 1.10 bits per heavy atom. The summed E-state index contributed by atoms with van der Waals surface area (Å²) in [5.41, 5.74) is 0. The van der Waals surface area contributed by atoms with E-state index in [1.165, 1.54) is 89.9 Å². The Bertz CT molecular complexity index is 1130. The highest BCUT2D eigenvalue weighted by molar-refractivity contribution is 5.71. The monoisotopic (exact) mass is 823 g/mol. The van der Waals surface area contributed by atoms with Crippen LogP contribution >= 0.6 is 0 Å². The lowest BCUT2D eigenvalue weighted by Crippen LogP contribution is -2.30. The van der Waals surface area contributed by atoms with Gasteiger partial charge >= 0.3 is 17.9 Å². The largest absolute Gasteiger partial charge is 0.462 e. The summed E-state index contributed by atoms with van der Waals surface area (Å²) in [5.74, 6) is -0.982. The smallest absolute Gasteiger partial charge is 0.306 e. The molecule has 0 amide bonds. The number of allylic oxidation sites excluding steroid dienone is 12. The zero-order valence-electron chi connectivity index (χ0n) is 38.5. The van der Waals surface area contributed by atoms with E-state index in [2.05, 4.69) is 93.7 Å². The fourth-order valence-electron chi connectivity index (χ4n) is 6.41. The van der Waals surface area contributed by atoms with E-state index in [0.717, 1.165) is 89.9 Å². The van der Waals surface area contributed by atoms with Gasteiger partial charge in [-0.1, -0.05) is 177 Å². The molecule has 0 aliphatic rings. The summed E-state index contributed by atoms with van der Waals surface area (Å²) >= 11 is 0. The molecule has 0 aliphatic carbocycles. The molecule has 0 spiro atoms. The van der Waals surface area contributed by atoms with E-state index < -0.39 is 6.10 Å². The molecule has 0 aromatic rings. The third kappa shape index (κ3) is 45.8. The summed E-state index contributed by atoms with van der Waals surface area (Å²) in [6.07, 6.45) is 58.8. The molecule has 6 nitrogen and oxygen atoms in total. The topological polar surface area (TPSA) is 78.9 Å². The number of esters is 3. The van der Waals surface area contributed by atoms with Crippen molar-refractivity contribution in [2.45, 2.75) is 232 Å². The Kier molecular flexibility index (Phi) is 45.0. The highest BCUT2D eigenvalue weighted by Crippen LogP contribution is 2.12. The maximum atomic E-state index is 12.7. The zero-order valence-corrected chi connectivity index (χ0v) is 38.5. The number of hydrogen-bond acceptors (Lipinski definition) is 6. The van der Waals surface area contributed by atoms with Crippen LogP contribution in [0.4, 0.5) is 0 Å². The first-order chi connectivity index (χ1) is 29.0. The van der Waals surface area contributed by atoms with Gasteiger partial charge in [0.1, 0.15) is 13.2 Å². The van der Waals surface area contributed by atoms with Gasteiger partial charge in [-0.3, -0.25) is 14.4 Å². The normalized spacial score (nSPS) is 12.7. The third-order valence-corrected chi connectivity index (χ3v) is 10.2. The fourth-order valence-corrected chi connectivity index (χ4v) is 6.41. The Morgan fingerprint density at radius 2 is 0.644 bits per heavy atom. The summed E-state index contributed by atoms with van der Waals surface area (Å²) in [6, 6.07) is 0. The molecule has 0 bridgehead atoms. The van der Waals surface area contributed by atoms with Crippen LogP contribution in [0.3, 0.4) is 0 Å². The van der Waals surface area contributed by atoms with Crippen molar-refractivity contribution >= 4 is 17.9 Å². The Labute approximate surface area is 363 Å². The molecule has 1 atom stereocenters. The van der Waals surface area contributed by atoms with E-state index >= 15 is 0 Å². The van der Waals surface area contributed by atoms with Gasteiger partial charge in [0.2, 0.25) is 0 Å². The van der Waals surface area contributed by atoms with E-state index in [9.17, 15) is 14.4 Å². The number of rotatable bonds is 43. The van der Waals surface area contributed by atoms with Gasteiger partial charge in [0.05, 0.1) is 0 Å². The molecule has 6 heteroatoms. The van der Waals surface area contributed by atoms with Gasteiger partial charge in [0.15, 0.2) is 6.10 Å². The molecule has 0 saturated heterocycles. The van der Waals surface area contributed by atoms with Gasteiger partial charge in [0.25, 0.3) is 0 Å². The van der Waals surface area contributed by atoms with Crippen molar-refractivity contribution in [1.82, 2.24) is 0 Å². The van der Waals surface area contributed by atoms with Gasteiger partial charge in [-0.2, -0.15) is 0 Å². The van der Waals surface area contributed by atoms with E-state index in [-0.39, 0.29) is 37.5 Å².